The topological polar surface area (TPSA) is 52.9 Å². The molecule has 116 valence electrons. The summed E-state index contributed by atoms with van der Waals surface area (Å²) in [5.74, 6) is -1.38. The van der Waals surface area contributed by atoms with Gasteiger partial charge in [0, 0.05) is 24.1 Å². The molecule has 1 unspecified atom stereocenters. The van der Waals surface area contributed by atoms with Crippen molar-refractivity contribution in [2.75, 3.05) is 6.54 Å². The maximum Gasteiger partial charge on any atom is 0.272 e. The Morgan fingerprint density at radius 3 is 2.73 bits per heavy atom. The minimum Gasteiger partial charge on any atom is -0.410 e. The van der Waals surface area contributed by atoms with Crippen molar-refractivity contribution in [2.24, 2.45) is 11.1 Å². The van der Waals surface area contributed by atoms with E-state index in [2.05, 4.69) is 5.16 Å². The number of halogens is 2. The van der Waals surface area contributed by atoms with Crippen LogP contribution in [0.1, 0.15) is 25.3 Å². The van der Waals surface area contributed by atoms with Crippen LogP contribution in [0.25, 0.3) is 5.57 Å². The molecule has 22 heavy (non-hydrogen) atoms. The van der Waals surface area contributed by atoms with Crippen LogP contribution in [0.5, 0.6) is 0 Å². The fraction of sp³-hybridized carbons (Fsp3) is 0.375. The summed E-state index contributed by atoms with van der Waals surface area (Å²) in [5, 5.41) is 12.2. The molecule has 1 atom stereocenters. The van der Waals surface area contributed by atoms with Gasteiger partial charge in [-0.1, -0.05) is 11.2 Å². The number of hydrogen-bond donors (Lipinski definition) is 1. The highest BCUT2D eigenvalue weighted by atomic mass is 19.1. The van der Waals surface area contributed by atoms with Crippen molar-refractivity contribution in [3.05, 3.63) is 41.5 Å². The standard InChI is InChI=1S/C16H16F2N2O2/c1-9-6-11(13-7-12(17)4-5-14(13)18)8-20(9)16(21)15(19-22)10-2-3-10/h4-7,9-10,22H,2-3,8H2,1H3/b19-15-. The van der Waals surface area contributed by atoms with E-state index in [1.54, 1.807) is 13.0 Å². The molecule has 0 radical (unpaired) electrons. The SMILES string of the molecule is CC1C=C(c2cc(F)ccc2F)CN1C(=O)/C(=N\O)C1CC1. The first-order chi connectivity index (χ1) is 10.5. The van der Waals surface area contributed by atoms with Crippen molar-refractivity contribution in [1.29, 1.82) is 0 Å². The largest absolute Gasteiger partial charge is 0.410 e. The van der Waals surface area contributed by atoms with Gasteiger partial charge < -0.3 is 10.1 Å². The predicted molar refractivity (Wildman–Crippen MR) is 77.5 cm³/mol. The summed E-state index contributed by atoms with van der Waals surface area (Å²) in [5.41, 5.74) is 0.878. The van der Waals surface area contributed by atoms with Crippen LogP contribution in [0.15, 0.2) is 29.4 Å². The maximum atomic E-state index is 13.9. The molecule has 1 aliphatic carbocycles. The van der Waals surface area contributed by atoms with Crippen molar-refractivity contribution in [3.63, 3.8) is 0 Å². The Bertz CT molecular complexity index is 681. The van der Waals surface area contributed by atoms with Gasteiger partial charge in [-0.05, 0) is 43.5 Å². The van der Waals surface area contributed by atoms with Gasteiger partial charge in [-0.2, -0.15) is 0 Å². The number of carbonyl (C=O) groups is 1. The van der Waals surface area contributed by atoms with E-state index < -0.39 is 11.6 Å². The molecule has 1 fully saturated rings. The summed E-state index contributed by atoms with van der Waals surface area (Å²) in [6.07, 6.45) is 3.41. The lowest BCUT2D eigenvalue weighted by molar-refractivity contribution is -0.124. The first kappa shape index (κ1) is 14.7. The van der Waals surface area contributed by atoms with Crippen LogP contribution in [-0.4, -0.2) is 34.3 Å². The Morgan fingerprint density at radius 1 is 1.36 bits per heavy atom. The van der Waals surface area contributed by atoms with E-state index in [1.165, 1.54) is 4.90 Å². The second-order valence-corrected chi connectivity index (χ2v) is 5.75. The van der Waals surface area contributed by atoms with Gasteiger partial charge in [-0.3, -0.25) is 4.79 Å². The zero-order valence-corrected chi connectivity index (χ0v) is 12.1. The molecule has 0 spiro atoms. The van der Waals surface area contributed by atoms with Gasteiger partial charge in [0.15, 0.2) is 0 Å². The molecule has 1 amide bonds. The highest BCUT2D eigenvalue weighted by Gasteiger charge is 2.38. The lowest BCUT2D eigenvalue weighted by Gasteiger charge is -2.22. The van der Waals surface area contributed by atoms with Gasteiger partial charge in [-0.25, -0.2) is 8.78 Å². The first-order valence-corrected chi connectivity index (χ1v) is 7.20. The molecule has 1 aromatic rings. The molecule has 1 aliphatic heterocycles. The number of carbonyl (C=O) groups excluding carboxylic acids is 1. The number of hydrogen-bond acceptors (Lipinski definition) is 3. The van der Waals surface area contributed by atoms with E-state index >= 15 is 0 Å². The first-order valence-electron chi connectivity index (χ1n) is 7.20. The molecular weight excluding hydrogens is 290 g/mol. The Hall–Kier alpha value is -2.24. The smallest absolute Gasteiger partial charge is 0.272 e. The molecule has 1 saturated carbocycles. The molecule has 6 heteroatoms. The predicted octanol–water partition coefficient (Wildman–Crippen LogP) is 2.82. The van der Waals surface area contributed by atoms with Gasteiger partial charge in [0.25, 0.3) is 5.91 Å². The highest BCUT2D eigenvalue weighted by Crippen LogP contribution is 2.33. The molecule has 1 aromatic carbocycles. The normalized spacial score (nSPS) is 22.0. The second kappa shape index (κ2) is 5.51. The van der Waals surface area contributed by atoms with Crippen molar-refractivity contribution >= 4 is 17.2 Å². The third-order valence-corrected chi connectivity index (χ3v) is 4.10. The van der Waals surface area contributed by atoms with E-state index in [9.17, 15) is 13.6 Å². The Kier molecular flexibility index (Phi) is 3.68. The van der Waals surface area contributed by atoms with Gasteiger partial charge in [-0.15, -0.1) is 0 Å². The van der Waals surface area contributed by atoms with Gasteiger partial charge in [0.05, 0.1) is 0 Å². The van der Waals surface area contributed by atoms with Gasteiger partial charge >= 0.3 is 0 Å². The Morgan fingerprint density at radius 2 is 2.09 bits per heavy atom. The fourth-order valence-electron chi connectivity index (χ4n) is 2.74. The summed E-state index contributed by atoms with van der Waals surface area (Å²) < 4.78 is 27.2. The lowest BCUT2D eigenvalue weighted by Crippen LogP contribution is -2.40. The maximum absolute atomic E-state index is 13.9. The molecule has 0 bridgehead atoms. The van der Waals surface area contributed by atoms with Crippen LogP contribution in [0.4, 0.5) is 8.78 Å². The zero-order valence-electron chi connectivity index (χ0n) is 12.1. The van der Waals surface area contributed by atoms with Crippen LogP contribution in [0.2, 0.25) is 0 Å². The molecular formula is C16H16F2N2O2. The van der Waals surface area contributed by atoms with Crippen LogP contribution in [0, 0.1) is 17.6 Å². The average molecular weight is 306 g/mol. The van der Waals surface area contributed by atoms with Crippen LogP contribution < -0.4 is 0 Å². The number of benzene rings is 1. The van der Waals surface area contributed by atoms with E-state index in [0.29, 0.717) is 5.57 Å². The summed E-state index contributed by atoms with van der Waals surface area (Å²) in [7, 11) is 0. The summed E-state index contributed by atoms with van der Waals surface area (Å²) >= 11 is 0. The van der Waals surface area contributed by atoms with Crippen molar-refractivity contribution in [3.8, 4) is 0 Å². The minimum atomic E-state index is -0.523. The van der Waals surface area contributed by atoms with E-state index in [1.807, 2.05) is 0 Å². The molecule has 0 aromatic heterocycles. The van der Waals surface area contributed by atoms with Gasteiger partial charge in [0.1, 0.15) is 17.3 Å². The number of amides is 1. The minimum absolute atomic E-state index is 0.0136. The highest BCUT2D eigenvalue weighted by molar-refractivity contribution is 6.40. The third kappa shape index (κ3) is 2.61. The lowest BCUT2D eigenvalue weighted by atomic mass is 10.1. The number of oxime groups is 1. The summed E-state index contributed by atoms with van der Waals surface area (Å²) in [6, 6.07) is 3.00. The number of nitrogens with zero attached hydrogens (tertiary/aromatic N) is 2. The molecule has 0 saturated heterocycles. The van der Waals surface area contributed by atoms with E-state index in [4.69, 9.17) is 5.21 Å². The summed E-state index contributed by atoms with van der Waals surface area (Å²) in [6.45, 7) is 1.97. The zero-order chi connectivity index (χ0) is 15.9. The quantitative estimate of drug-likeness (QED) is 0.530. The Labute approximate surface area is 126 Å². The average Bonchev–Trinajstić information content (AvgIpc) is 3.24. The van der Waals surface area contributed by atoms with Crippen LogP contribution in [-0.2, 0) is 4.79 Å². The fourth-order valence-corrected chi connectivity index (χ4v) is 2.74. The second-order valence-electron chi connectivity index (χ2n) is 5.75. The Balaban J connectivity index is 1.82. The monoisotopic (exact) mass is 306 g/mol. The molecule has 1 N–H and O–H groups in total. The summed E-state index contributed by atoms with van der Waals surface area (Å²) in [4.78, 5) is 13.9. The molecule has 4 nitrogen and oxygen atoms in total. The van der Waals surface area contributed by atoms with Crippen LogP contribution >= 0.6 is 0 Å². The molecule has 3 rings (SSSR count). The molecule has 1 heterocycles. The van der Waals surface area contributed by atoms with Crippen LogP contribution in [0.3, 0.4) is 0 Å². The van der Waals surface area contributed by atoms with Crippen molar-refractivity contribution in [1.82, 2.24) is 4.90 Å². The van der Waals surface area contributed by atoms with Gasteiger partial charge in [0.2, 0.25) is 0 Å². The number of rotatable bonds is 3. The third-order valence-electron chi connectivity index (χ3n) is 4.10. The molecule has 2 aliphatic rings. The van der Waals surface area contributed by atoms with E-state index in [0.717, 1.165) is 31.0 Å². The van der Waals surface area contributed by atoms with E-state index in [-0.39, 0.29) is 35.7 Å². The van der Waals surface area contributed by atoms with Crippen molar-refractivity contribution < 1.29 is 18.8 Å². The van der Waals surface area contributed by atoms with Crippen molar-refractivity contribution in [2.45, 2.75) is 25.8 Å².